The van der Waals surface area contributed by atoms with Gasteiger partial charge in [0.15, 0.2) is 11.8 Å². The molecule has 0 saturated heterocycles. The number of carbonyl (C=O) groups excluding carboxylic acids is 2. The second-order valence-electron chi connectivity index (χ2n) is 33.7. The van der Waals surface area contributed by atoms with Gasteiger partial charge in [0, 0.05) is 97.6 Å². The van der Waals surface area contributed by atoms with Crippen LogP contribution in [0.3, 0.4) is 0 Å². The molecule has 9 aromatic rings. The van der Waals surface area contributed by atoms with Gasteiger partial charge in [-0.25, -0.2) is 23.6 Å². The number of hydrogen-bond acceptors (Lipinski definition) is 14. The van der Waals surface area contributed by atoms with Gasteiger partial charge in [0.2, 0.25) is 5.91 Å². The first-order chi connectivity index (χ1) is 66.8. The summed E-state index contributed by atoms with van der Waals surface area (Å²) in [7, 11) is 0. The number of oxime groups is 1. The summed E-state index contributed by atoms with van der Waals surface area (Å²) in [5.74, 6) is 33.2. The Morgan fingerprint density at radius 3 is 1.62 bits per heavy atom. The molecule has 0 saturated carbocycles. The van der Waals surface area contributed by atoms with Crippen molar-refractivity contribution in [2.24, 2.45) is 5.16 Å². The van der Waals surface area contributed by atoms with Crippen LogP contribution < -0.4 is 9.80 Å². The molecule has 21 nitrogen and oxygen atoms in total. The number of rotatable bonds is 21. The van der Waals surface area contributed by atoms with Crippen LogP contribution in [0, 0.1) is 82.9 Å². The number of aliphatic hydroxyl groups is 2. The van der Waals surface area contributed by atoms with Gasteiger partial charge in [0.05, 0.1) is 72.3 Å². The second kappa shape index (κ2) is 54.1. The van der Waals surface area contributed by atoms with E-state index in [1.54, 1.807) is 46.2 Å². The Labute approximate surface area is 803 Å². The SMILES string of the molecule is O=C(O)CCCC(=O)N1Cc2ccccc2C#Cc2ccccc21.O=C(O)COC1C#CCCCCC1.O=C(O)COC1CCC#CC(F)(F)CC1.O=C(O)c1ccc(CC2(F)C#CCCCCC2)cc1.O=C(O)c1ccc(COC2C#CCCCCC2)cc1.O=C1c2ccccc2C#Cc2ccccc2N1CC1CC(c2ccc(CO)cc2)=NO1.OC1Cc2ccccc2C#Cc2ccccc21. The van der Waals surface area contributed by atoms with Gasteiger partial charge >= 0.3 is 35.8 Å². The summed E-state index contributed by atoms with van der Waals surface area (Å²) in [6.45, 7) is 0.621. The van der Waals surface area contributed by atoms with Crippen LogP contribution in [0.1, 0.15) is 257 Å². The Hall–Kier alpha value is -14.8. The molecule has 6 unspecified atom stereocenters. The lowest BCUT2D eigenvalue weighted by molar-refractivity contribution is -0.145. The highest BCUT2D eigenvalue weighted by Gasteiger charge is 2.33. The highest BCUT2D eigenvalue weighted by atomic mass is 19.3. The first kappa shape index (κ1) is 104. The minimum atomic E-state index is -2.97. The number of ether oxygens (including phenoxy) is 3. The van der Waals surface area contributed by atoms with Gasteiger partial charge in [-0.15, -0.1) is 11.8 Å². The van der Waals surface area contributed by atoms with E-state index in [4.69, 9.17) is 44.6 Å². The second-order valence-corrected chi connectivity index (χ2v) is 33.7. The van der Waals surface area contributed by atoms with E-state index < -0.39 is 60.3 Å². The standard InChI is InChI=1S/C26H20N2O3.C20H17NO3.C16H17FO2.C16H18O3.C16H12O.C10H12F2O3.C10H14O3/c29-17-18-9-11-20(12-10-18)24-15-22(31-27-24)16-28-25-8-4-2-6-21(25)14-13-19-5-1-3-7-23(19)26(28)30;22-19(10-5-11-20(23)24)21-14-17-8-2-1-6-15(17)12-13-16-7-3-4-9-18(16)21;17-16(10-4-2-1-3-5-11-16)12-13-6-8-14(9-7-13)15(18)19;17-16(18)14-10-8-13(9-11-14)12-19-15-6-4-2-1-3-5-7-15;17-16-11-14-7-2-1-5-12(14)9-10-13-6-3-4-8-15(13)16;11-10(12)5-2-1-3-8(4-6-10)15-7-9(13)14;11-10(12)8-13-9-6-4-2-1-3-5-7-9/h1-12,22,29H,15-17H2;1-4,6-9H,5,10-11,14H2,(H,23,24);6-9H,1-4,10,12H2,(H,18,19);8-11,15H,1-4,6,12H2,(H,17,18);1-8,16-17H,11H2;8H,1,3-4,6-7H2,(H,13,14);9H,1-4,6,8H2,(H,11,12). The minimum absolute atomic E-state index is 0.00236. The zero-order chi connectivity index (χ0) is 97.9. The van der Waals surface area contributed by atoms with E-state index in [0.29, 0.717) is 69.3 Å². The smallest absolute Gasteiger partial charge is 0.335 e. The molecule has 0 bridgehead atoms. The molecule has 24 heteroatoms. The average Bonchev–Trinajstić information content (AvgIpc) is 1.24. The van der Waals surface area contributed by atoms with E-state index in [1.807, 2.05) is 176 Å². The fourth-order valence-corrected chi connectivity index (χ4v) is 15.7. The van der Waals surface area contributed by atoms with Crippen molar-refractivity contribution < 1.29 is 102 Å². The third-order valence-corrected chi connectivity index (χ3v) is 23.1. The van der Waals surface area contributed by atoms with E-state index in [9.17, 15) is 56.9 Å². The van der Waals surface area contributed by atoms with Crippen LogP contribution in [0.25, 0.3) is 0 Å². The van der Waals surface area contributed by atoms with Gasteiger partial charge in [-0.2, -0.15) is 8.78 Å². The number of aliphatic hydroxyl groups excluding tert-OH is 2. The zero-order valence-corrected chi connectivity index (χ0v) is 76.7. The third kappa shape index (κ3) is 34.0. The summed E-state index contributed by atoms with van der Waals surface area (Å²) in [5, 5.41) is 66.9. The molecule has 9 aromatic carbocycles. The number of anilines is 2. The van der Waals surface area contributed by atoms with Gasteiger partial charge in [-0.1, -0.05) is 229 Å². The largest absolute Gasteiger partial charge is 0.481 e. The Morgan fingerprint density at radius 1 is 0.464 bits per heavy atom. The number of halogens is 3. The highest BCUT2D eigenvalue weighted by Crippen LogP contribution is 2.33. The predicted molar refractivity (Wildman–Crippen MR) is 519 cm³/mol. The van der Waals surface area contributed by atoms with Crippen LogP contribution in [-0.2, 0) is 70.8 Å². The monoisotopic (exact) mass is 1870 g/mol. The fraction of sp³-hybridized carbons (Fsp3) is 0.333. The highest BCUT2D eigenvalue weighted by molar-refractivity contribution is 6.09. The summed E-state index contributed by atoms with van der Waals surface area (Å²) < 4.78 is 56.3. The van der Waals surface area contributed by atoms with Crippen molar-refractivity contribution in [2.45, 2.75) is 222 Å². The van der Waals surface area contributed by atoms with Crippen LogP contribution in [0.5, 0.6) is 0 Å². The van der Waals surface area contributed by atoms with Gasteiger partial charge in [0.25, 0.3) is 5.91 Å². The van der Waals surface area contributed by atoms with Crippen LogP contribution >= 0.6 is 0 Å². The van der Waals surface area contributed by atoms with E-state index in [-0.39, 0.29) is 81.0 Å². The number of benzene rings is 9. The normalized spacial score (nSPS) is 18.5. The molecule has 710 valence electrons. The number of carboxylic acids is 5. The molecule has 3 heterocycles. The van der Waals surface area contributed by atoms with Crippen molar-refractivity contribution >= 4 is 58.7 Å². The number of amides is 2. The fourth-order valence-electron chi connectivity index (χ4n) is 15.7. The number of aromatic carboxylic acids is 2. The summed E-state index contributed by atoms with van der Waals surface area (Å²) in [4.78, 5) is 88.0. The molecule has 5 aliphatic carbocycles. The van der Waals surface area contributed by atoms with Gasteiger partial charge < -0.3 is 64.6 Å². The van der Waals surface area contributed by atoms with Crippen LogP contribution in [0.2, 0.25) is 0 Å². The Balaban J connectivity index is 0.000000157. The number of alkyl halides is 3. The number of nitrogens with zero attached hydrogens (tertiary/aromatic N) is 3. The van der Waals surface area contributed by atoms with E-state index >= 15 is 0 Å². The van der Waals surface area contributed by atoms with Crippen LogP contribution in [0.15, 0.2) is 224 Å². The predicted octanol–water partition coefficient (Wildman–Crippen LogP) is 19.5. The van der Waals surface area contributed by atoms with Crippen molar-refractivity contribution in [2.75, 3.05) is 29.6 Å². The molecule has 8 aliphatic rings. The zero-order valence-electron chi connectivity index (χ0n) is 76.7. The first-order valence-corrected chi connectivity index (χ1v) is 46.3. The van der Waals surface area contributed by atoms with Crippen LogP contribution in [0.4, 0.5) is 24.5 Å². The van der Waals surface area contributed by atoms with Crippen molar-refractivity contribution in [3.8, 4) is 82.9 Å². The molecule has 0 spiro atoms. The molecule has 2 amide bonds. The topological polar surface area (TPSA) is 317 Å². The molecule has 0 fully saturated rings. The quantitative estimate of drug-likeness (QED) is 0.0329. The maximum absolute atomic E-state index is 14.7. The number of carboxylic acid groups (broad SMARTS) is 5. The Bertz CT molecular complexity index is 6230. The minimum Gasteiger partial charge on any atom is -0.481 e. The summed E-state index contributed by atoms with van der Waals surface area (Å²) in [6.07, 6.45) is 16.2. The summed E-state index contributed by atoms with van der Waals surface area (Å²) in [5.41, 5.74) is 13.8. The van der Waals surface area contributed by atoms with E-state index in [1.165, 1.54) is 31.4 Å². The number of hydrogen-bond donors (Lipinski definition) is 7. The number of fused-ring (bicyclic) bond motifs is 6. The van der Waals surface area contributed by atoms with Crippen molar-refractivity contribution in [1.29, 1.82) is 0 Å². The molecule has 0 aromatic heterocycles. The molecule has 7 N–H and O–H groups in total. The lowest BCUT2D eigenvalue weighted by Gasteiger charge is -2.27. The van der Waals surface area contributed by atoms with Crippen molar-refractivity contribution in [1.82, 2.24) is 0 Å². The number of carbonyl (C=O) groups is 7. The maximum atomic E-state index is 14.7. The van der Waals surface area contributed by atoms with Crippen LogP contribution in [-0.4, -0.2) is 139 Å². The van der Waals surface area contributed by atoms with Gasteiger partial charge in [-0.3, -0.25) is 14.4 Å². The number of aliphatic carboxylic acids is 3. The van der Waals surface area contributed by atoms with E-state index in [0.717, 1.165) is 160 Å². The molecule has 0 radical (unpaired) electrons. The first-order valence-electron chi connectivity index (χ1n) is 46.3. The average molecular weight is 1870 g/mol. The Morgan fingerprint density at radius 2 is 0.978 bits per heavy atom. The Kier molecular flexibility index (Phi) is 40.7. The molecular weight excluding hydrogens is 1760 g/mol. The molecule has 3 aliphatic heterocycles. The maximum Gasteiger partial charge on any atom is 0.335 e. The molecule has 17 rings (SSSR count). The van der Waals surface area contributed by atoms with Crippen molar-refractivity contribution in [3.05, 3.63) is 307 Å². The van der Waals surface area contributed by atoms with Gasteiger partial charge in [-0.05, 0) is 201 Å². The van der Waals surface area contributed by atoms with Crippen molar-refractivity contribution in [3.63, 3.8) is 0 Å². The summed E-state index contributed by atoms with van der Waals surface area (Å²) >= 11 is 0. The molecule has 6 atom stereocenters. The van der Waals surface area contributed by atoms with Gasteiger partial charge in [0.1, 0.15) is 25.4 Å². The molecule has 138 heavy (non-hydrogen) atoms. The lowest BCUT2D eigenvalue weighted by Crippen LogP contribution is -2.39. The summed E-state index contributed by atoms with van der Waals surface area (Å²) in [6, 6.07) is 67.0. The third-order valence-electron chi connectivity index (χ3n) is 23.1. The number of para-hydroxylation sites is 2. The lowest BCUT2D eigenvalue weighted by atomic mass is 9.89. The van der Waals surface area contributed by atoms with E-state index in [2.05, 4.69) is 82.1 Å². The molecular formula is C114H110F3N3O18.